The molecule has 17 heavy (non-hydrogen) atoms. The molecular weight excluding hydrogens is 214 g/mol. The Bertz CT molecular complexity index is 318. The molecule has 1 N–H and O–H groups in total. The van der Waals surface area contributed by atoms with Crippen molar-refractivity contribution in [2.75, 3.05) is 13.1 Å². The molecule has 0 saturated heterocycles. The molecule has 0 bridgehead atoms. The highest BCUT2D eigenvalue weighted by Crippen LogP contribution is 2.27. The normalized spacial score (nSPS) is 16.8. The molecule has 1 fully saturated rings. The average Bonchev–Trinajstić information content (AvgIpc) is 2.97. The summed E-state index contributed by atoms with van der Waals surface area (Å²) in [6, 6.07) is 0. The second-order valence-corrected chi connectivity index (χ2v) is 4.90. The number of nitrogens with one attached hydrogen (secondary N) is 1. The molecule has 1 aliphatic carbocycles. The zero-order chi connectivity index (χ0) is 11.9. The Hall–Kier alpha value is -0.900. The molecule has 4 nitrogen and oxygen atoms in total. The van der Waals surface area contributed by atoms with Gasteiger partial charge in [-0.15, -0.1) is 10.2 Å². The van der Waals surface area contributed by atoms with Crippen LogP contribution in [0.5, 0.6) is 0 Å². The van der Waals surface area contributed by atoms with Crippen molar-refractivity contribution < 1.29 is 4.42 Å². The Morgan fingerprint density at radius 1 is 1.24 bits per heavy atom. The van der Waals surface area contributed by atoms with Crippen molar-refractivity contribution in [2.45, 2.75) is 51.9 Å². The number of hydrogen-bond acceptors (Lipinski definition) is 4. The number of hydrogen-bond donors (Lipinski definition) is 1. The molecule has 0 aromatic carbocycles. The monoisotopic (exact) mass is 237 g/mol. The lowest BCUT2D eigenvalue weighted by Gasteiger charge is -2.03. The van der Waals surface area contributed by atoms with Crippen molar-refractivity contribution in [1.29, 1.82) is 0 Å². The molecule has 4 heteroatoms. The molecule has 0 aliphatic heterocycles. The quantitative estimate of drug-likeness (QED) is 0.740. The van der Waals surface area contributed by atoms with Crippen molar-refractivity contribution in [3.05, 3.63) is 11.8 Å². The van der Waals surface area contributed by atoms with E-state index in [1.807, 2.05) is 0 Å². The first-order chi connectivity index (χ1) is 8.38. The molecule has 0 spiro atoms. The lowest BCUT2D eigenvalue weighted by Crippen LogP contribution is -2.14. The highest BCUT2D eigenvalue weighted by Gasteiger charge is 2.18. The van der Waals surface area contributed by atoms with Crippen molar-refractivity contribution in [3.63, 3.8) is 0 Å². The third kappa shape index (κ3) is 4.11. The van der Waals surface area contributed by atoms with Gasteiger partial charge >= 0.3 is 0 Å². The van der Waals surface area contributed by atoms with Crippen molar-refractivity contribution in [1.82, 2.24) is 15.5 Å². The average molecular weight is 237 g/mol. The van der Waals surface area contributed by atoms with Gasteiger partial charge < -0.3 is 9.73 Å². The number of aromatic nitrogens is 2. The molecule has 2 rings (SSSR count). The van der Waals surface area contributed by atoms with Crippen molar-refractivity contribution >= 4 is 0 Å². The zero-order valence-electron chi connectivity index (χ0n) is 10.7. The summed E-state index contributed by atoms with van der Waals surface area (Å²) in [6.07, 6.45) is 8.35. The van der Waals surface area contributed by atoms with E-state index in [2.05, 4.69) is 22.4 Å². The van der Waals surface area contributed by atoms with E-state index in [0.717, 1.165) is 50.1 Å². The van der Waals surface area contributed by atoms with E-state index in [4.69, 9.17) is 4.42 Å². The topological polar surface area (TPSA) is 51.0 Å². The van der Waals surface area contributed by atoms with Gasteiger partial charge in [-0.25, -0.2) is 0 Å². The molecule has 1 aliphatic rings. The Labute approximate surface area is 103 Å². The van der Waals surface area contributed by atoms with Gasteiger partial charge in [-0.3, -0.25) is 0 Å². The molecule has 1 saturated carbocycles. The van der Waals surface area contributed by atoms with E-state index in [0.29, 0.717) is 0 Å². The van der Waals surface area contributed by atoms with Crippen LogP contribution >= 0.6 is 0 Å². The Balaban J connectivity index is 1.71. The van der Waals surface area contributed by atoms with Gasteiger partial charge in [0.25, 0.3) is 0 Å². The summed E-state index contributed by atoms with van der Waals surface area (Å²) in [5.41, 5.74) is 0. The maximum Gasteiger partial charge on any atom is 0.216 e. The minimum atomic E-state index is 0.782. The van der Waals surface area contributed by atoms with Gasteiger partial charge in [0.2, 0.25) is 11.8 Å². The van der Waals surface area contributed by atoms with E-state index >= 15 is 0 Å². The Morgan fingerprint density at radius 2 is 2.00 bits per heavy atom. The number of aryl methyl sites for hydroxylation is 1. The standard InChI is InChI=1S/C13H23N3O/c1-2-14-9-5-8-12-15-16-13(17-12)10-11-6-3-4-7-11/h11,14H,2-10H2,1H3. The van der Waals surface area contributed by atoms with E-state index in [1.54, 1.807) is 0 Å². The van der Waals surface area contributed by atoms with E-state index in [-0.39, 0.29) is 0 Å². The molecular formula is C13H23N3O. The van der Waals surface area contributed by atoms with Crippen LogP contribution in [0.25, 0.3) is 0 Å². The second kappa shape index (κ2) is 6.74. The molecule has 0 atom stereocenters. The van der Waals surface area contributed by atoms with Crippen LogP contribution in [-0.4, -0.2) is 23.3 Å². The molecule has 1 aromatic heterocycles. The van der Waals surface area contributed by atoms with Gasteiger partial charge in [0.05, 0.1) is 0 Å². The van der Waals surface area contributed by atoms with Gasteiger partial charge in [-0.05, 0) is 38.3 Å². The number of rotatable bonds is 7. The van der Waals surface area contributed by atoms with Crippen LogP contribution in [0.3, 0.4) is 0 Å². The van der Waals surface area contributed by atoms with Crippen LogP contribution < -0.4 is 5.32 Å². The first-order valence-electron chi connectivity index (χ1n) is 6.90. The van der Waals surface area contributed by atoms with Gasteiger partial charge in [0.1, 0.15) is 0 Å². The smallest absolute Gasteiger partial charge is 0.216 e. The van der Waals surface area contributed by atoms with Gasteiger partial charge in [0.15, 0.2) is 0 Å². The van der Waals surface area contributed by atoms with Gasteiger partial charge in [0, 0.05) is 12.8 Å². The minimum Gasteiger partial charge on any atom is -0.425 e. The summed E-state index contributed by atoms with van der Waals surface area (Å²) < 4.78 is 5.68. The lowest BCUT2D eigenvalue weighted by atomic mass is 10.0. The highest BCUT2D eigenvalue weighted by molar-refractivity contribution is 4.86. The van der Waals surface area contributed by atoms with Crippen molar-refractivity contribution in [2.24, 2.45) is 5.92 Å². The van der Waals surface area contributed by atoms with Crippen LogP contribution in [-0.2, 0) is 12.8 Å². The summed E-state index contributed by atoms with van der Waals surface area (Å²) in [7, 11) is 0. The summed E-state index contributed by atoms with van der Waals surface area (Å²) in [6.45, 7) is 4.17. The van der Waals surface area contributed by atoms with E-state index in [1.165, 1.54) is 25.7 Å². The molecule has 0 amide bonds. The predicted octanol–water partition coefficient (Wildman–Crippen LogP) is 2.34. The van der Waals surface area contributed by atoms with Crippen LogP contribution in [0, 0.1) is 5.92 Å². The molecule has 1 aromatic rings. The summed E-state index contributed by atoms with van der Waals surface area (Å²) >= 11 is 0. The van der Waals surface area contributed by atoms with Gasteiger partial charge in [-0.1, -0.05) is 19.8 Å². The fourth-order valence-corrected chi connectivity index (χ4v) is 2.47. The van der Waals surface area contributed by atoms with Crippen LogP contribution in [0.2, 0.25) is 0 Å². The lowest BCUT2D eigenvalue weighted by molar-refractivity contribution is 0.404. The first kappa shape index (κ1) is 12.6. The van der Waals surface area contributed by atoms with E-state index in [9.17, 15) is 0 Å². The predicted molar refractivity (Wildman–Crippen MR) is 66.8 cm³/mol. The van der Waals surface area contributed by atoms with E-state index < -0.39 is 0 Å². The number of nitrogens with zero attached hydrogens (tertiary/aromatic N) is 2. The molecule has 0 radical (unpaired) electrons. The maximum atomic E-state index is 5.68. The van der Waals surface area contributed by atoms with Crippen molar-refractivity contribution in [3.8, 4) is 0 Å². The fourth-order valence-electron chi connectivity index (χ4n) is 2.47. The SMILES string of the molecule is CCNCCCc1nnc(CC2CCCC2)o1. The van der Waals surface area contributed by atoms with Crippen LogP contribution in [0.4, 0.5) is 0 Å². The molecule has 96 valence electrons. The molecule has 1 heterocycles. The third-order valence-electron chi connectivity index (χ3n) is 3.44. The minimum absolute atomic E-state index is 0.782. The largest absolute Gasteiger partial charge is 0.425 e. The summed E-state index contributed by atoms with van der Waals surface area (Å²) in [5.74, 6) is 2.43. The fraction of sp³-hybridized carbons (Fsp3) is 0.846. The van der Waals surface area contributed by atoms with Crippen LogP contribution in [0.1, 0.15) is 50.8 Å². The van der Waals surface area contributed by atoms with Crippen LogP contribution in [0.15, 0.2) is 4.42 Å². The Morgan fingerprint density at radius 3 is 2.76 bits per heavy atom. The highest BCUT2D eigenvalue weighted by atomic mass is 16.4. The first-order valence-corrected chi connectivity index (χ1v) is 6.90. The second-order valence-electron chi connectivity index (χ2n) is 4.90. The summed E-state index contributed by atoms with van der Waals surface area (Å²) in [5, 5.41) is 11.5. The Kier molecular flexibility index (Phi) is 4.98. The zero-order valence-corrected chi connectivity index (χ0v) is 10.7. The summed E-state index contributed by atoms with van der Waals surface area (Å²) in [4.78, 5) is 0. The molecule has 0 unspecified atom stereocenters. The third-order valence-corrected chi connectivity index (χ3v) is 3.44. The van der Waals surface area contributed by atoms with Gasteiger partial charge in [-0.2, -0.15) is 0 Å². The maximum absolute atomic E-state index is 5.68.